The number of amides is 1. The Balaban J connectivity index is 2.78. The van der Waals surface area contributed by atoms with Crippen LogP contribution in [0.5, 0.6) is 0 Å². The van der Waals surface area contributed by atoms with Crippen molar-refractivity contribution < 1.29 is 4.79 Å². The number of benzene rings is 1. The second-order valence-corrected chi connectivity index (χ2v) is 4.03. The first-order valence-corrected chi connectivity index (χ1v) is 5.53. The van der Waals surface area contributed by atoms with E-state index in [4.69, 9.17) is 11.0 Å². The molecule has 1 rings (SSSR count). The normalized spacial score (nSPS) is 11.6. The molecule has 0 aromatic heterocycles. The van der Waals surface area contributed by atoms with Crippen LogP contribution in [-0.4, -0.2) is 23.9 Å². The first-order chi connectivity index (χ1) is 8.10. The lowest BCUT2D eigenvalue weighted by Crippen LogP contribution is -2.34. The summed E-state index contributed by atoms with van der Waals surface area (Å²) in [5, 5.41) is 8.60. The van der Waals surface area contributed by atoms with Gasteiger partial charge in [-0.05, 0) is 24.6 Å². The van der Waals surface area contributed by atoms with Crippen molar-refractivity contribution in [2.24, 2.45) is 5.73 Å². The van der Waals surface area contributed by atoms with Crippen LogP contribution in [-0.2, 0) is 6.54 Å². The van der Waals surface area contributed by atoms with Gasteiger partial charge in [0.05, 0.1) is 12.5 Å². The van der Waals surface area contributed by atoms with Gasteiger partial charge < -0.3 is 10.6 Å². The minimum absolute atomic E-state index is 0.0729. The smallest absolute Gasteiger partial charge is 0.253 e. The van der Waals surface area contributed by atoms with E-state index in [0.29, 0.717) is 18.5 Å². The molecule has 4 heteroatoms. The van der Waals surface area contributed by atoms with E-state index < -0.39 is 0 Å². The van der Waals surface area contributed by atoms with Gasteiger partial charge in [0.15, 0.2) is 0 Å². The number of nitriles is 1. The number of carbonyl (C=O) groups excluding carboxylic acids is 1. The van der Waals surface area contributed by atoms with Gasteiger partial charge in [0.2, 0.25) is 0 Å². The van der Waals surface area contributed by atoms with E-state index in [1.165, 1.54) is 0 Å². The standard InChI is InChI=1S/C13H17N3O/c1-10(7-8-14)16(2)13(17)12-5-3-11(9-15)4-6-12/h3-6,10H,7,9,15H2,1-2H3. The largest absolute Gasteiger partial charge is 0.338 e. The van der Waals surface area contributed by atoms with E-state index in [2.05, 4.69) is 6.07 Å². The highest BCUT2D eigenvalue weighted by Gasteiger charge is 2.16. The van der Waals surface area contributed by atoms with Crippen LogP contribution in [0.25, 0.3) is 0 Å². The van der Waals surface area contributed by atoms with Gasteiger partial charge in [-0.15, -0.1) is 0 Å². The fourth-order valence-electron chi connectivity index (χ4n) is 1.46. The summed E-state index contributed by atoms with van der Waals surface area (Å²) in [6, 6.07) is 9.20. The summed E-state index contributed by atoms with van der Waals surface area (Å²) >= 11 is 0. The minimum atomic E-state index is -0.0818. The number of hydrogen-bond donors (Lipinski definition) is 1. The van der Waals surface area contributed by atoms with E-state index in [1.54, 1.807) is 24.1 Å². The van der Waals surface area contributed by atoms with Gasteiger partial charge in [-0.3, -0.25) is 4.79 Å². The lowest BCUT2D eigenvalue weighted by molar-refractivity contribution is 0.0746. The summed E-state index contributed by atoms with van der Waals surface area (Å²) in [6.45, 7) is 2.32. The summed E-state index contributed by atoms with van der Waals surface area (Å²) in [5.74, 6) is -0.0729. The minimum Gasteiger partial charge on any atom is -0.338 e. The molecule has 1 aromatic rings. The maximum atomic E-state index is 12.0. The average molecular weight is 231 g/mol. The molecule has 90 valence electrons. The predicted molar refractivity (Wildman–Crippen MR) is 66.1 cm³/mol. The van der Waals surface area contributed by atoms with Crippen molar-refractivity contribution in [3.05, 3.63) is 35.4 Å². The second-order valence-electron chi connectivity index (χ2n) is 4.03. The maximum Gasteiger partial charge on any atom is 0.253 e. The second kappa shape index (κ2) is 6.02. The lowest BCUT2D eigenvalue weighted by atomic mass is 10.1. The average Bonchev–Trinajstić information content (AvgIpc) is 2.37. The monoisotopic (exact) mass is 231 g/mol. The molecule has 1 aromatic carbocycles. The van der Waals surface area contributed by atoms with E-state index in [9.17, 15) is 4.79 Å². The van der Waals surface area contributed by atoms with Crippen molar-refractivity contribution in [1.29, 1.82) is 5.26 Å². The van der Waals surface area contributed by atoms with Gasteiger partial charge in [-0.1, -0.05) is 12.1 Å². The highest BCUT2D eigenvalue weighted by atomic mass is 16.2. The van der Waals surface area contributed by atoms with E-state index in [1.807, 2.05) is 19.1 Å². The molecule has 1 amide bonds. The van der Waals surface area contributed by atoms with Crippen LogP contribution in [0.3, 0.4) is 0 Å². The summed E-state index contributed by atoms with van der Waals surface area (Å²) in [5.41, 5.74) is 7.11. The molecule has 0 radical (unpaired) electrons. The first kappa shape index (κ1) is 13.2. The number of nitrogens with two attached hydrogens (primary N) is 1. The zero-order valence-corrected chi connectivity index (χ0v) is 10.2. The molecule has 0 aliphatic carbocycles. The van der Waals surface area contributed by atoms with Crippen LogP contribution in [0.15, 0.2) is 24.3 Å². The molecular weight excluding hydrogens is 214 g/mol. The fourth-order valence-corrected chi connectivity index (χ4v) is 1.46. The molecule has 1 unspecified atom stereocenters. The molecular formula is C13H17N3O. The SMILES string of the molecule is CC(CC#N)N(C)C(=O)c1ccc(CN)cc1. The van der Waals surface area contributed by atoms with Gasteiger partial charge in [-0.2, -0.15) is 5.26 Å². The van der Waals surface area contributed by atoms with Crippen LogP contribution in [0.1, 0.15) is 29.3 Å². The molecule has 0 saturated heterocycles. The molecule has 0 fully saturated rings. The Hall–Kier alpha value is -1.86. The van der Waals surface area contributed by atoms with Crippen molar-refractivity contribution in [3.63, 3.8) is 0 Å². The summed E-state index contributed by atoms with van der Waals surface area (Å²) < 4.78 is 0. The molecule has 4 nitrogen and oxygen atoms in total. The molecule has 0 aliphatic heterocycles. The maximum absolute atomic E-state index is 12.0. The van der Waals surface area contributed by atoms with Crippen LogP contribution in [0, 0.1) is 11.3 Å². The van der Waals surface area contributed by atoms with Gasteiger partial charge in [0, 0.05) is 25.2 Å². The van der Waals surface area contributed by atoms with Crippen LogP contribution in [0.2, 0.25) is 0 Å². The van der Waals surface area contributed by atoms with Gasteiger partial charge >= 0.3 is 0 Å². The van der Waals surface area contributed by atoms with Crippen LogP contribution < -0.4 is 5.73 Å². The quantitative estimate of drug-likeness (QED) is 0.854. The molecule has 0 saturated carbocycles. The van der Waals surface area contributed by atoms with E-state index >= 15 is 0 Å². The molecule has 0 bridgehead atoms. The van der Waals surface area contributed by atoms with E-state index in [0.717, 1.165) is 5.56 Å². The third kappa shape index (κ3) is 3.30. The van der Waals surface area contributed by atoms with Crippen molar-refractivity contribution in [3.8, 4) is 6.07 Å². The number of rotatable bonds is 4. The number of carbonyl (C=O) groups is 1. The van der Waals surface area contributed by atoms with E-state index in [-0.39, 0.29) is 11.9 Å². The molecule has 2 N–H and O–H groups in total. The zero-order valence-electron chi connectivity index (χ0n) is 10.2. The summed E-state index contributed by atoms with van der Waals surface area (Å²) in [7, 11) is 1.71. The van der Waals surface area contributed by atoms with Crippen LogP contribution in [0.4, 0.5) is 0 Å². The Kier molecular flexibility index (Phi) is 4.68. The number of nitrogens with zero attached hydrogens (tertiary/aromatic N) is 2. The molecule has 1 atom stereocenters. The zero-order chi connectivity index (χ0) is 12.8. The first-order valence-electron chi connectivity index (χ1n) is 5.53. The van der Waals surface area contributed by atoms with Gasteiger partial charge in [0.1, 0.15) is 0 Å². The Morgan fingerprint density at radius 3 is 2.53 bits per heavy atom. The Labute approximate surface area is 102 Å². The lowest BCUT2D eigenvalue weighted by Gasteiger charge is -2.23. The number of hydrogen-bond acceptors (Lipinski definition) is 3. The van der Waals surface area contributed by atoms with Crippen molar-refractivity contribution >= 4 is 5.91 Å². The Morgan fingerprint density at radius 1 is 1.47 bits per heavy atom. The topological polar surface area (TPSA) is 70.1 Å². The highest BCUT2D eigenvalue weighted by Crippen LogP contribution is 2.10. The van der Waals surface area contributed by atoms with Crippen molar-refractivity contribution in [2.75, 3.05) is 7.05 Å². The van der Waals surface area contributed by atoms with Gasteiger partial charge in [-0.25, -0.2) is 0 Å². The third-order valence-electron chi connectivity index (χ3n) is 2.80. The van der Waals surface area contributed by atoms with Gasteiger partial charge in [0.25, 0.3) is 5.91 Å². The molecule has 0 heterocycles. The van der Waals surface area contributed by atoms with Crippen LogP contribution >= 0.6 is 0 Å². The Bertz CT molecular complexity index is 419. The molecule has 17 heavy (non-hydrogen) atoms. The predicted octanol–water partition coefficient (Wildman–Crippen LogP) is 1.52. The molecule has 0 aliphatic rings. The molecule has 0 spiro atoms. The summed E-state index contributed by atoms with van der Waals surface area (Å²) in [4.78, 5) is 13.6. The third-order valence-corrected chi connectivity index (χ3v) is 2.80. The van der Waals surface area contributed by atoms with Crippen molar-refractivity contribution in [1.82, 2.24) is 4.90 Å². The Morgan fingerprint density at radius 2 is 2.06 bits per heavy atom. The highest BCUT2D eigenvalue weighted by molar-refractivity contribution is 5.94. The summed E-state index contributed by atoms with van der Waals surface area (Å²) in [6.07, 6.45) is 0.336. The fraction of sp³-hybridized carbons (Fsp3) is 0.385. The van der Waals surface area contributed by atoms with Crippen molar-refractivity contribution in [2.45, 2.75) is 25.9 Å².